The highest BCUT2D eigenvalue weighted by Crippen LogP contribution is 2.94. The number of hydrogen-bond acceptors (Lipinski definition) is 2. The summed E-state index contributed by atoms with van der Waals surface area (Å²) in [6.07, 6.45) is 4.28. The molecule has 270 valence electrons. The van der Waals surface area contributed by atoms with Gasteiger partial charge in [0.1, 0.15) is 11.2 Å². The topological polar surface area (TPSA) is 16.4 Å². The Bertz CT molecular complexity index is 3130. The highest BCUT2D eigenvalue weighted by atomic mass is 16.3. The highest BCUT2D eigenvalue weighted by Gasteiger charge is 2.90. The Balaban J connectivity index is 0.948. The molecule has 4 unspecified atom stereocenters. The van der Waals surface area contributed by atoms with Gasteiger partial charge in [0.2, 0.25) is 0 Å². The lowest BCUT2D eigenvalue weighted by Crippen LogP contribution is -2.88. The van der Waals surface area contributed by atoms with Gasteiger partial charge >= 0.3 is 0 Å². The van der Waals surface area contributed by atoms with Gasteiger partial charge in [0, 0.05) is 39.3 Å². The molecule has 0 aliphatic heterocycles. The molecule has 0 N–H and O–H groups in total. The van der Waals surface area contributed by atoms with Crippen molar-refractivity contribution < 1.29 is 4.42 Å². The first kappa shape index (κ1) is 30.8. The molecule has 0 bridgehead atoms. The number of fused-ring (bicyclic) bond motifs is 11. The van der Waals surface area contributed by atoms with E-state index in [9.17, 15) is 0 Å². The highest BCUT2D eigenvalue weighted by molar-refractivity contribution is 6.06. The van der Waals surface area contributed by atoms with Crippen LogP contribution in [0.15, 0.2) is 180 Å². The molecule has 2 nitrogen and oxygen atoms in total. The number of furan rings is 1. The lowest BCUT2D eigenvalue weighted by Gasteiger charge is -2.92. The van der Waals surface area contributed by atoms with Gasteiger partial charge < -0.3 is 9.32 Å². The molecule has 57 heavy (non-hydrogen) atoms. The average molecular weight is 730 g/mol. The molecule has 2 heteroatoms. The van der Waals surface area contributed by atoms with Gasteiger partial charge in [-0.15, -0.1) is 0 Å². The van der Waals surface area contributed by atoms with Crippen LogP contribution in [-0.2, 0) is 5.41 Å². The number of benzene rings is 8. The second-order valence-corrected chi connectivity index (χ2v) is 17.6. The standard InChI is InChI=1S/C55H39NO/c1-2-9-33(10-3-1)36-19-24-44-47-31-40(23-26-48(47)55(49(44)27-36)52-29-37-28-38-30-53(55)54(37,38)52)56(41-22-25-46-45-14-6-7-16-50(45)57-51(46)32-41)39-20-17-35(18-21-39)43-15-8-12-34-11-4-5-13-42(34)43/h1-27,31-32,37-38,52-53H,28-30H2. The van der Waals surface area contributed by atoms with Crippen LogP contribution >= 0.6 is 0 Å². The Morgan fingerprint density at radius 1 is 0.421 bits per heavy atom. The zero-order valence-corrected chi connectivity index (χ0v) is 31.5. The van der Waals surface area contributed by atoms with E-state index in [1.807, 2.05) is 0 Å². The van der Waals surface area contributed by atoms with Crippen molar-refractivity contribution in [3.63, 3.8) is 0 Å². The van der Waals surface area contributed by atoms with Crippen molar-refractivity contribution in [2.24, 2.45) is 29.1 Å². The fourth-order valence-corrected chi connectivity index (χ4v) is 13.5. The maximum absolute atomic E-state index is 6.49. The third-order valence-electron chi connectivity index (χ3n) is 15.7. The van der Waals surface area contributed by atoms with E-state index in [0.29, 0.717) is 5.41 Å². The summed E-state index contributed by atoms with van der Waals surface area (Å²) in [4.78, 5) is 2.44. The van der Waals surface area contributed by atoms with Gasteiger partial charge in [-0.1, -0.05) is 121 Å². The number of rotatable bonds is 5. The monoisotopic (exact) mass is 729 g/mol. The van der Waals surface area contributed by atoms with E-state index in [0.717, 1.165) is 57.0 Å². The SMILES string of the molecule is c1ccc(-c2ccc3c(c2)C2(c4ccc(N(c5ccc(-c6cccc7ccccc67)cc5)c5ccc6c(c5)oc5ccccc56)cc4-3)C3CC4CC5CC2C453)cc1. The average Bonchev–Trinajstić information content (AvgIpc) is 3.76. The van der Waals surface area contributed by atoms with Crippen molar-refractivity contribution in [2.45, 2.75) is 24.7 Å². The molecule has 0 radical (unpaired) electrons. The summed E-state index contributed by atoms with van der Waals surface area (Å²) >= 11 is 0. The maximum atomic E-state index is 6.49. The summed E-state index contributed by atoms with van der Waals surface area (Å²) in [5, 5.41) is 4.83. The molecule has 0 amide bonds. The molecule has 2 spiro atoms. The first-order valence-electron chi connectivity index (χ1n) is 20.9. The summed E-state index contributed by atoms with van der Waals surface area (Å²) in [6.45, 7) is 0. The van der Waals surface area contributed by atoms with Crippen LogP contribution < -0.4 is 4.90 Å². The zero-order valence-electron chi connectivity index (χ0n) is 31.5. The van der Waals surface area contributed by atoms with Gasteiger partial charge in [-0.2, -0.15) is 0 Å². The van der Waals surface area contributed by atoms with E-state index in [4.69, 9.17) is 4.42 Å². The normalized spacial score (nSPS) is 25.5. The molecular weight excluding hydrogens is 691 g/mol. The van der Waals surface area contributed by atoms with Crippen LogP contribution in [0.3, 0.4) is 0 Å². The van der Waals surface area contributed by atoms with E-state index < -0.39 is 0 Å². The zero-order chi connectivity index (χ0) is 37.0. The van der Waals surface area contributed by atoms with Crippen molar-refractivity contribution in [3.05, 3.63) is 187 Å². The van der Waals surface area contributed by atoms with Crippen molar-refractivity contribution in [1.82, 2.24) is 0 Å². The fourth-order valence-electron chi connectivity index (χ4n) is 13.5. The summed E-state index contributed by atoms with van der Waals surface area (Å²) in [7, 11) is 0. The molecule has 4 saturated carbocycles. The van der Waals surface area contributed by atoms with Crippen LogP contribution in [-0.4, -0.2) is 0 Å². The molecule has 14 rings (SSSR count). The van der Waals surface area contributed by atoms with E-state index in [1.54, 1.807) is 11.1 Å². The van der Waals surface area contributed by atoms with Crippen LogP contribution in [0.5, 0.6) is 0 Å². The summed E-state index contributed by atoms with van der Waals surface area (Å²) < 4.78 is 6.49. The summed E-state index contributed by atoms with van der Waals surface area (Å²) in [5.74, 6) is 3.50. The minimum Gasteiger partial charge on any atom is -0.456 e. The molecule has 4 atom stereocenters. The lowest BCUT2D eigenvalue weighted by molar-refractivity contribution is -0.412. The second kappa shape index (κ2) is 10.7. The molecule has 5 aliphatic carbocycles. The van der Waals surface area contributed by atoms with Crippen molar-refractivity contribution >= 4 is 49.8 Å². The van der Waals surface area contributed by atoms with Crippen LogP contribution in [0.1, 0.15) is 30.4 Å². The van der Waals surface area contributed by atoms with Crippen LogP contribution in [0.2, 0.25) is 0 Å². The van der Waals surface area contributed by atoms with Crippen molar-refractivity contribution in [2.75, 3.05) is 4.90 Å². The molecular formula is C55H39NO. The third kappa shape index (κ3) is 3.69. The molecule has 4 fully saturated rings. The Morgan fingerprint density at radius 2 is 1.11 bits per heavy atom. The summed E-state index contributed by atoms with van der Waals surface area (Å²) in [6, 6.07) is 65.5. The van der Waals surface area contributed by atoms with Gasteiger partial charge in [0.05, 0.1) is 0 Å². The van der Waals surface area contributed by atoms with Crippen LogP contribution in [0, 0.1) is 29.1 Å². The second-order valence-electron chi connectivity index (χ2n) is 17.6. The predicted octanol–water partition coefficient (Wildman–Crippen LogP) is 14.5. The Kier molecular flexibility index (Phi) is 5.79. The number of hydrogen-bond donors (Lipinski definition) is 0. The molecule has 5 aliphatic rings. The fraction of sp³-hybridized carbons (Fsp3) is 0.164. The lowest BCUT2D eigenvalue weighted by atomic mass is 9.11. The van der Waals surface area contributed by atoms with E-state index in [-0.39, 0.29) is 5.41 Å². The smallest absolute Gasteiger partial charge is 0.137 e. The van der Waals surface area contributed by atoms with Gasteiger partial charge in [-0.25, -0.2) is 0 Å². The molecule has 9 aromatic rings. The maximum Gasteiger partial charge on any atom is 0.137 e. The van der Waals surface area contributed by atoms with Crippen LogP contribution in [0.4, 0.5) is 17.1 Å². The third-order valence-corrected chi connectivity index (χ3v) is 15.7. The molecule has 1 heterocycles. The predicted molar refractivity (Wildman–Crippen MR) is 233 cm³/mol. The van der Waals surface area contributed by atoms with Crippen molar-refractivity contribution in [1.29, 1.82) is 0 Å². The first-order valence-corrected chi connectivity index (χ1v) is 20.9. The largest absolute Gasteiger partial charge is 0.456 e. The summed E-state index contributed by atoms with van der Waals surface area (Å²) in [5.41, 5.74) is 17.2. The molecule has 0 saturated heterocycles. The number of anilines is 3. The van der Waals surface area contributed by atoms with Crippen LogP contribution in [0.25, 0.3) is 66.1 Å². The number of nitrogens with zero attached hydrogens (tertiary/aromatic N) is 1. The Morgan fingerprint density at radius 3 is 1.95 bits per heavy atom. The Labute approximate surface area is 332 Å². The molecule has 8 aromatic carbocycles. The van der Waals surface area contributed by atoms with Gasteiger partial charge in [0.15, 0.2) is 0 Å². The first-order chi connectivity index (χ1) is 28.2. The van der Waals surface area contributed by atoms with Gasteiger partial charge in [0.25, 0.3) is 0 Å². The van der Waals surface area contributed by atoms with Gasteiger partial charge in [-0.3, -0.25) is 0 Å². The quantitative estimate of drug-likeness (QED) is 0.175. The van der Waals surface area contributed by atoms with Gasteiger partial charge in [-0.05, 0) is 152 Å². The van der Waals surface area contributed by atoms with E-state index in [1.165, 1.54) is 69.1 Å². The van der Waals surface area contributed by atoms with Crippen molar-refractivity contribution in [3.8, 4) is 33.4 Å². The Hall–Kier alpha value is -6.38. The minimum absolute atomic E-state index is 0.138. The van der Waals surface area contributed by atoms with E-state index in [2.05, 4.69) is 181 Å². The molecule has 1 aromatic heterocycles. The minimum atomic E-state index is 0.138. The number of para-hydroxylation sites is 1. The van der Waals surface area contributed by atoms with E-state index >= 15 is 0 Å².